The summed E-state index contributed by atoms with van der Waals surface area (Å²) in [6, 6.07) is 10.8. The molecule has 2 aromatic carbocycles. The van der Waals surface area contributed by atoms with Crippen molar-refractivity contribution >= 4 is 11.8 Å². The van der Waals surface area contributed by atoms with Crippen LogP contribution < -0.4 is 9.47 Å². The molecule has 0 saturated carbocycles. The number of halogens is 2. The van der Waals surface area contributed by atoms with Gasteiger partial charge in [-0.05, 0) is 36.8 Å². The van der Waals surface area contributed by atoms with E-state index in [2.05, 4.69) is 10.2 Å². The highest BCUT2D eigenvalue weighted by Crippen LogP contribution is 2.28. The van der Waals surface area contributed by atoms with Crippen LogP contribution in [-0.4, -0.2) is 17.3 Å². The van der Waals surface area contributed by atoms with Crippen LogP contribution in [0.3, 0.4) is 0 Å². The van der Waals surface area contributed by atoms with Gasteiger partial charge >= 0.3 is 0 Å². The van der Waals surface area contributed by atoms with Crippen molar-refractivity contribution in [3.05, 3.63) is 65.6 Å². The average Bonchev–Trinajstić information content (AvgIpc) is 3.11. The van der Waals surface area contributed by atoms with E-state index < -0.39 is 17.7 Å². The Kier molecular flexibility index (Phi) is 5.72. The summed E-state index contributed by atoms with van der Waals surface area (Å²) in [5.74, 6) is 0.0971. The molecule has 8 heteroatoms. The number of hydrogen-bond donors (Lipinski definition) is 0. The Labute approximate surface area is 153 Å². The van der Waals surface area contributed by atoms with Gasteiger partial charge in [0, 0.05) is 5.75 Å². The first-order valence-corrected chi connectivity index (χ1v) is 8.75. The number of methoxy groups -OCH3 is 1. The first-order chi connectivity index (χ1) is 12.6. The number of hydrogen-bond acceptors (Lipinski definition) is 6. The van der Waals surface area contributed by atoms with E-state index in [1.807, 2.05) is 0 Å². The molecule has 0 N–H and O–H groups in total. The number of ether oxygens (including phenoxy) is 2. The van der Waals surface area contributed by atoms with E-state index >= 15 is 0 Å². The minimum Gasteiger partial charge on any atom is -0.494 e. The van der Waals surface area contributed by atoms with Gasteiger partial charge in [0.2, 0.25) is 0 Å². The maximum atomic E-state index is 13.7. The molecule has 136 valence electrons. The maximum absolute atomic E-state index is 13.7. The van der Waals surface area contributed by atoms with Crippen LogP contribution in [0.15, 0.2) is 52.1 Å². The first-order valence-electron chi connectivity index (χ1n) is 7.76. The summed E-state index contributed by atoms with van der Waals surface area (Å²) in [5.41, 5.74) is 0.753. The van der Waals surface area contributed by atoms with Crippen LogP contribution in [0.2, 0.25) is 0 Å². The molecule has 0 aliphatic heterocycles. The Balaban J connectivity index is 1.61. The largest absolute Gasteiger partial charge is 0.494 e. The zero-order valence-corrected chi connectivity index (χ0v) is 14.9. The molecular weight excluding hydrogens is 362 g/mol. The summed E-state index contributed by atoms with van der Waals surface area (Å²) in [6.45, 7) is 1.69. The molecule has 0 unspecified atom stereocenters. The molecule has 1 atom stereocenters. The van der Waals surface area contributed by atoms with Crippen molar-refractivity contribution in [3.63, 3.8) is 0 Å². The molecule has 0 saturated heterocycles. The van der Waals surface area contributed by atoms with E-state index in [1.54, 1.807) is 31.2 Å². The van der Waals surface area contributed by atoms with E-state index in [0.717, 1.165) is 5.56 Å². The molecule has 0 aliphatic rings. The van der Waals surface area contributed by atoms with E-state index in [0.29, 0.717) is 11.0 Å². The number of thioether (sulfide) groups is 1. The zero-order valence-electron chi connectivity index (χ0n) is 14.1. The van der Waals surface area contributed by atoms with Crippen molar-refractivity contribution in [1.29, 1.82) is 0 Å². The lowest BCUT2D eigenvalue weighted by atomic mass is 10.2. The van der Waals surface area contributed by atoms with Crippen LogP contribution in [0.5, 0.6) is 11.5 Å². The molecule has 0 amide bonds. The topological polar surface area (TPSA) is 57.4 Å². The molecule has 3 rings (SSSR count). The average molecular weight is 378 g/mol. The smallest absolute Gasteiger partial charge is 0.277 e. The normalized spacial score (nSPS) is 12.0. The lowest BCUT2D eigenvalue weighted by Crippen LogP contribution is -2.04. The van der Waals surface area contributed by atoms with Crippen LogP contribution in [0.25, 0.3) is 0 Å². The van der Waals surface area contributed by atoms with E-state index in [9.17, 15) is 8.78 Å². The fourth-order valence-electron chi connectivity index (χ4n) is 2.17. The van der Waals surface area contributed by atoms with Crippen LogP contribution >= 0.6 is 11.8 Å². The lowest BCUT2D eigenvalue weighted by molar-refractivity contribution is 0.174. The summed E-state index contributed by atoms with van der Waals surface area (Å²) in [4.78, 5) is 0. The molecule has 0 aliphatic carbocycles. The summed E-state index contributed by atoms with van der Waals surface area (Å²) in [6.07, 6.45) is -0.604. The highest BCUT2D eigenvalue weighted by atomic mass is 32.2. The number of rotatable bonds is 7. The second-order valence-corrected chi connectivity index (χ2v) is 6.28. The minimum absolute atomic E-state index is 0.112. The van der Waals surface area contributed by atoms with Gasteiger partial charge in [-0.2, -0.15) is 0 Å². The Morgan fingerprint density at radius 1 is 1.08 bits per heavy atom. The van der Waals surface area contributed by atoms with E-state index in [-0.39, 0.29) is 17.4 Å². The van der Waals surface area contributed by atoms with Gasteiger partial charge in [0.05, 0.1) is 7.11 Å². The molecule has 0 bridgehead atoms. The molecule has 1 aromatic heterocycles. The van der Waals surface area contributed by atoms with Crippen LogP contribution in [0.4, 0.5) is 8.78 Å². The lowest BCUT2D eigenvalue weighted by Gasteiger charge is -2.11. The van der Waals surface area contributed by atoms with Crippen molar-refractivity contribution in [2.45, 2.75) is 24.0 Å². The van der Waals surface area contributed by atoms with Gasteiger partial charge in [-0.3, -0.25) is 0 Å². The van der Waals surface area contributed by atoms with Gasteiger partial charge < -0.3 is 13.9 Å². The van der Waals surface area contributed by atoms with Gasteiger partial charge in [-0.1, -0.05) is 30.0 Å². The van der Waals surface area contributed by atoms with E-state index in [1.165, 1.54) is 37.1 Å². The third-order valence-corrected chi connectivity index (χ3v) is 4.38. The highest BCUT2D eigenvalue weighted by molar-refractivity contribution is 7.98. The van der Waals surface area contributed by atoms with Gasteiger partial charge in [0.1, 0.15) is 0 Å². The molecule has 0 radical (unpaired) electrons. The van der Waals surface area contributed by atoms with Crippen molar-refractivity contribution in [3.8, 4) is 11.5 Å². The predicted octanol–water partition coefficient (Wildman–Crippen LogP) is 4.79. The van der Waals surface area contributed by atoms with Gasteiger partial charge in [-0.25, -0.2) is 8.78 Å². The highest BCUT2D eigenvalue weighted by Gasteiger charge is 2.17. The SMILES string of the molecule is COc1ccc(CSc2nnc([C@@H](C)Oc3ccccc3F)o2)cc1F. The Bertz CT molecular complexity index is 888. The number of nitrogens with zero attached hydrogens (tertiary/aromatic N) is 2. The maximum Gasteiger partial charge on any atom is 0.277 e. The second-order valence-electron chi connectivity index (χ2n) is 5.35. The van der Waals surface area contributed by atoms with Crippen molar-refractivity contribution < 1.29 is 22.7 Å². The monoisotopic (exact) mass is 378 g/mol. The quantitative estimate of drug-likeness (QED) is 0.551. The van der Waals surface area contributed by atoms with Crippen LogP contribution in [0, 0.1) is 11.6 Å². The zero-order chi connectivity index (χ0) is 18.5. The third kappa shape index (κ3) is 4.32. The molecule has 3 aromatic rings. The van der Waals surface area contributed by atoms with Crippen LogP contribution in [0.1, 0.15) is 24.5 Å². The molecule has 0 spiro atoms. The van der Waals surface area contributed by atoms with Crippen LogP contribution in [-0.2, 0) is 5.75 Å². The molecule has 5 nitrogen and oxygen atoms in total. The summed E-state index contributed by atoms with van der Waals surface area (Å²) in [5, 5.41) is 8.17. The fraction of sp³-hybridized carbons (Fsp3) is 0.222. The summed E-state index contributed by atoms with van der Waals surface area (Å²) >= 11 is 1.27. The van der Waals surface area contributed by atoms with Crippen molar-refractivity contribution in [1.82, 2.24) is 10.2 Å². The predicted molar refractivity (Wildman–Crippen MR) is 92.3 cm³/mol. The van der Waals surface area contributed by atoms with E-state index in [4.69, 9.17) is 13.9 Å². The Morgan fingerprint density at radius 3 is 2.62 bits per heavy atom. The third-order valence-electron chi connectivity index (χ3n) is 3.49. The summed E-state index contributed by atoms with van der Waals surface area (Å²) in [7, 11) is 1.41. The van der Waals surface area contributed by atoms with Gasteiger partial charge in [-0.15, -0.1) is 10.2 Å². The van der Waals surface area contributed by atoms with Crippen molar-refractivity contribution in [2.24, 2.45) is 0 Å². The molecular formula is C18H16F2N2O3S. The Hall–Kier alpha value is -2.61. The standard InChI is InChI=1S/C18H16F2N2O3S/c1-11(24-16-6-4-3-5-13(16)19)17-21-22-18(25-17)26-10-12-7-8-15(23-2)14(20)9-12/h3-9,11H,10H2,1-2H3/t11-/m1/s1. The number of benzene rings is 2. The minimum atomic E-state index is -0.604. The molecule has 26 heavy (non-hydrogen) atoms. The number of aromatic nitrogens is 2. The Morgan fingerprint density at radius 2 is 1.88 bits per heavy atom. The first kappa shape index (κ1) is 18.2. The summed E-state index contributed by atoms with van der Waals surface area (Å²) < 4.78 is 43.2. The molecule has 0 fully saturated rings. The second kappa shape index (κ2) is 8.18. The fourth-order valence-corrected chi connectivity index (χ4v) is 2.88. The number of para-hydroxylation sites is 1. The van der Waals surface area contributed by atoms with Gasteiger partial charge in [0.15, 0.2) is 29.2 Å². The van der Waals surface area contributed by atoms with Crippen molar-refractivity contribution in [2.75, 3.05) is 7.11 Å². The van der Waals surface area contributed by atoms with Gasteiger partial charge in [0.25, 0.3) is 11.1 Å². The molecule has 1 heterocycles.